The molecule has 1 nitrogen and oxygen atoms in total. The molecule has 46 heavy (non-hydrogen) atoms. The van der Waals surface area contributed by atoms with E-state index in [0.29, 0.717) is 0 Å². The number of aromatic nitrogens is 1. The number of para-hydroxylation sites is 2. The van der Waals surface area contributed by atoms with Gasteiger partial charge in [-0.2, -0.15) is 0 Å². The molecule has 3 heteroatoms. The molecule has 0 spiro atoms. The third-order valence-corrected chi connectivity index (χ3v) is 14.2. The lowest BCUT2D eigenvalue weighted by atomic mass is 10.1. The number of fused-ring (bicyclic) bond motifs is 4. The minimum atomic E-state index is -1.95. The van der Waals surface area contributed by atoms with E-state index in [4.69, 9.17) is 6.42 Å². The van der Waals surface area contributed by atoms with Gasteiger partial charge in [0.05, 0.1) is 11.0 Å². The van der Waals surface area contributed by atoms with Gasteiger partial charge in [0.15, 0.2) is 0 Å². The summed E-state index contributed by atoms with van der Waals surface area (Å²) in [4.78, 5) is 6.45. The van der Waals surface area contributed by atoms with Gasteiger partial charge in [-0.3, -0.25) is 0 Å². The SMILES string of the molecule is C#C/C=C\c1sc2c(S(c3ccccc3)(c3ccccc3)c3cccc(-n4c5ccccc5c5ccccc54)c3)cccc2c1C. The minimum absolute atomic E-state index is 1.16. The number of terminal acetylenes is 1. The van der Waals surface area contributed by atoms with Crippen molar-refractivity contribution in [2.75, 3.05) is 0 Å². The highest BCUT2D eigenvalue weighted by molar-refractivity contribution is 8.34. The van der Waals surface area contributed by atoms with Gasteiger partial charge in [-0.1, -0.05) is 96.9 Å². The molecule has 0 atom stereocenters. The summed E-state index contributed by atoms with van der Waals surface area (Å²) in [6, 6.07) is 55.8. The Hall–Kier alpha value is -5.27. The van der Waals surface area contributed by atoms with Gasteiger partial charge < -0.3 is 4.57 Å². The first-order chi connectivity index (χ1) is 22.7. The van der Waals surface area contributed by atoms with Crippen LogP contribution in [-0.4, -0.2) is 4.57 Å². The van der Waals surface area contributed by atoms with Gasteiger partial charge in [-0.05, 0) is 90.7 Å². The highest BCUT2D eigenvalue weighted by atomic mass is 32.3. The molecule has 2 aromatic heterocycles. The lowest BCUT2D eigenvalue weighted by Gasteiger charge is -2.42. The maximum atomic E-state index is 5.64. The molecule has 8 aromatic rings. The standard InChI is InChI=1S/C43H31NS2/c1-3-4-28-41-31(2)36-25-16-29-42(43(36)45-41)46(33-18-7-5-8-19-33,34-20-9-6-10-21-34)35-22-15-17-32(30-35)44-39-26-13-11-23-37(39)38-24-12-14-27-40(38)44/h1,4-30H,2H3/b28-4-. The van der Waals surface area contributed by atoms with Crippen LogP contribution in [0.5, 0.6) is 0 Å². The Labute approximate surface area is 275 Å². The summed E-state index contributed by atoms with van der Waals surface area (Å²) in [5, 5.41) is 3.81. The Kier molecular flexibility index (Phi) is 7.11. The third-order valence-electron chi connectivity index (χ3n) is 8.83. The van der Waals surface area contributed by atoms with Crippen molar-refractivity contribution in [3.05, 3.63) is 168 Å². The van der Waals surface area contributed by atoms with Crippen LogP contribution >= 0.6 is 21.4 Å². The van der Waals surface area contributed by atoms with Crippen molar-refractivity contribution >= 4 is 59.3 Å². The van der Waals surface area contributed by atoms with Gasteiger partial charge in [0.2, 0.25) is 0 Å². The minimum Gasteiger partial charge on any atom is -0.309 e. The van der Waals surface area contributed by atoms with Gasteiger partial charge in [-0.25, -0.2) is 0 Å². The van der Waals surface area contributed by atoms with Crippen LogP contribution in [0, 0.1) is 19.3 Å². The Morgan fingerprint density at radius 1 is 0.609 bits per heavy atom. The zero-order valence-corrected chi connectivity index (χ0v) is 27.1. The summed E-state index contributed by atoms with van der Waals surface area (Å²) in [7, 11) is -1.95. The molecule has 0 bridgehead atoms. The van der Waals surface area contributed by atoms with E-state index in [9.17, 15) is 0 Å². The average Bonchev–Trinajstić information content (AvgIpc) is 3.63. The molecule has 2 heterocycles. The Morgan fingerprint density at radius 3 is 1.78 bits per heavy atom. The number of rotatable bonds is 6. The fourth-order valence-electron chi connectivity index (χ4n) is 6.81. The Bertz CT molecular complexity index is 2350. The second-order valence-electron chi connectivity index (χ2n) is 11.3. The van der Waals surface area contributed by atoms with Crippen molar-refractivity contribution in [1.29, 1.82) is 0 Å². The largest absolute Gasteiger partial charge is 0.309 e. The summed E-state index contributed by atoms with van der Waals surface area (Å²) >= 11 is 1.84. The molecular formula is C43H31NS2. The number of thiophene rings is 1. The highest BCUT2D eigenvalue weighted by Gasteiger charge is 2.35. The van der Waals surface area contributed by atoms with Crippen LogP contribution in [0.15, 0.2) is 177 Å². The van der Waals surface area contributed by atoms with Crippen molar-refractivity contribution in [2.45, 2.75) is 26.5 Å². The molecule has 0 saturated carbocycles. The van der Waals surface area contributed by atoms with E-state index in [0.717, 1.165) is 5.69 Å². The first-order valence-corrected chi connectivity index (χ1v) is 17.8. The molecule has 6 aromatic carbocycles. The van der Waals surface area contributed by atoms with E-state index in [2.05, 4.69) is 175 Å². The number of hydrogen-bond donors (Lipinski definition) is 0. The van der Waals surface area contributed by atoms with Crippen molar-refractivity contribution in [1.82, 2.24) is 4.57 Å². The lowest BCUT2D eigenvalue weighted by Crippen LogP contribution is -2.06. The molecule has 0 unspecified atom stereocenters. The molecule has 0 radical (unpaired) electrons. The molecule has 0 aliphatic rings. The first-order valence-electron chi connectivity index (χ1n) is 15.4. The van der Waals surface area contributed by atoms with Crippen molar-refractivity contribution in [3.63, 3.8) is 0 Å². The smallest absolute Gasteiger partial charge is 0.0541 e. The van der Waals surface area contributed by atoms with E-state index < -0.39 is 10.0 Å². The van der Waals surface area contributed by atoms with E-state index in [1.165, 1.54) is 61.9 Å². The molecule has 0 aliphatic carbocycles. The molecule has 220 valence electrons. The molecule has 0 fully saturated rings. The van der Waals surface area contributed by atoms with E-state index in [1.807, 2.05) is 11.3 Å². The lowest BCUT2D eigenvalue weighted by molar-refractivity contribution is 1.15. The highest BCUT2D eigenvalue weighted by Crippen LogP contribution is 2.75. The van der Waals surface area contributed by atoms with Gasteiger partial charge in [-0.15, -0.1) is 27.8 Å². The van der Waals surface area contributed by atoms with Crippen LogP contribution in [0.3, 0.4) is 0 Å². The van der Waals surface area contributed by atoms with E-state index in [-0.39, 0.29) is 0 Å². The van der Waals surface area contributed by atoms with Crippen LogP contribution in [0.25, 0.3) is 43.7 Å². The normalized spacial score (nSPS) is 12.3. The zero-order valence-electron chi connectivity index (χ0n) is 25.4. The molecular weight excluding hydrogens is 595 g/mol. The maximum Gasteiger partial charge on any atom is 0.0541 e. The van der Waals surface area contributed by atoms with Gasteiger partial charge in [0.25, 0.3) is 0 Å². The zero-order chi connectivity index (χ0) is 31.1. The molecule has 0 N–H and O–H groups in total. The third kappa shape index (κ3) is 4.34. The van der Waals surface area contributed by atoms with Crippen LogP contribution in [-0.2, 0) is 0 Å². The van der Waals surface area contributed by atoms with Gasteiger partial charge in [0, 0.05) is 45.6 Å². The number of nitrogens with zero attached hydrogens (tertiary/aromatic N) is 1. The van der Waals surface area contributed by atoms with Crippen LogP contribution in [0.1, 0.15) is 10.4 Å². The van der Waals surface area contributed by atoms with Crippen LogP contribution < -0.4 is 0 Å². The predicted molar refractivity (Wildman–Crippen MR) is 199 cm³/mol. The van der Waals surface area contributed by atoms with Crippen molar-refractivity contribution in [2.24, 2.45) is 0 Å². The van der Waals surface area contributed by atoms with Crippen molar-refractivity contribution < 1.29 is 0 Å². The predicted octanol–water partition coefficient (Wildman–Crippen LogP) is 12.3. The van der Waals surface area contributed by atoms with Gasteiger partial charge >= 0.3 is 0 Å². The summed E-state index contributed by atoms with van der Waals surface area (Å²) in [5.41, 5.74) is 4.84. The monoisotopic (exact) mass is 625 g/mol. The number of aryl methyl sites for hydroxylation is 1. The molecule has 8 rings (SSSR count). The number of allylic oxidation sites excluding steroid dienone is 1. The topological polar surface area (TPSA) is 4.93 Å². The van der Waals surface area contributed by atoms with Crippen molar-refractivity contribution in [3.8, 4) is 18.0 Å². The van der Waals surface area contributed by atoms with Crippen LogP contribution in [0.2, 0.25) is 0 Å². The summed E-state index contributed by atoms with van der Waals surface area (Å²) < 4.78 is 3.73. The summed E-state index contributed by atoms with van der Waals surface area (Å²) in [6.07, 6.45) is 9.53. The fourth-order valence-corrected chi connectivity index (χ4v) is 12.4. The maximum absolute atomic E-state index is 5.64. The molecule has 0 amide bonds. The first kappa shape index (κ1) is 28.2. The fraction of sp³-hybridized carbons (Fsp3) is 0.0233. The molecule has 0 aliphatic heterocycles. The second kappa shape index (κ2) is 11.6. The average molecular weight is 626 g/mol. The number of hydrogen-bond acceptors (Lipinski definition) is 1. The number of benzene rings is 6. The summed E-state index contributed by atoms with van der Waals surface area (Å²) in [5.74, 6) is 2.68. The Balaban J connectivity index is 1.50. The Morgan fingerprint density at radius 2 is 1.15 bits per heavy atom. The summed E-state index contributed by atoms with van der Waals surface area (Å²) in [6.45, 7) is 2.21. The van der Waals surface area contributed by atoms with E-state index >= 15 is 0 Å². The van der Waals surface area contributed by atoms with E-state index in [1.54, 1.807) is 6.08 Å². The molecule has 0 saturated heterocycles. The second-order valence-corrected chi connectivity index (χ2v) is 15.5. The quantitative estimate of drug-likeness (QED) is 0.162. The van der Waals surface area contributed by atoms with Crippen LogP contribution in [0.4, 0.5) is 0 Å². The van der Waals surface area contributed by atoms with Gasteiger partial charge in [0.1, 0.15) is 0 Å².